The van der Waals surface area contributed by atoms with Gasteiger partial charge < -0.3 is 10.6 Å². The van der Waals surface area contributed by atoms with Gasteiger partial charge in [-0.2, -0.15) is 0 Å². The lowest BCUT2D eigenvalue weighted by atomic mass is 9.96. The summed E-state index contributed by atoms with van der Waals surface area (Å²) in [6, 6.07) is 11.0. The number of likely N-dealkylation sites (N-methyl/N-ethyl adjacent to an activating group) is 1. The van der Waals surface area contributed by atoms with Crippen LogP contribution in [0.5, 0.6) is 0 Å². The lowest BCUT2D eigenvalue weighted by Gasteiger charge is -2.41. The highest BCUT2D eigenvalue weighted by molar-refractivity contribution is 5.81. The van der Waals surface area contributed by atoms with Gasteiger partial charge in [-0.15, -0.1) is 0 Å². The quantitative estimate of drug-likeness (QED) is 0.907. The Labute approximate surface area is 134 Å². The van der Waals surface area contributed by atoms with E-state index in [4.69, 9.17) is 5.73 Å². The molecule has 0 spiro atoms. The number of hydrogen-bond acceptors (Lipinski definition) is 3. The van der Waals surface area contributed by atoms with Crippen LogP contribution in [0.4, 0.5) is 0 Å². The van der Waals surface area contributed by atoms with Gasteiger partial charge in [0.1, 0.15) is 0 Å². The van der Waals surface area contributed by atoms with E-state index in [1.54, 1.807) is 0 Å². The second-order valence-corrected chi connectivity index (χ2v) is 6.45. The van der Waals surface area contributed by atoms with Gasteiger partial charge in [0.05, 0.1) is 6.04 Å². The predicted molar refractivity (Wildman–Crippen MR) is 90.4 cm³/mol. The molecule has 1 saturated heterocycles. The second-order valence-electron chi connectivity index (χ2n) is 6.45. The summed E-state index contributed by atoms with van der Waals surface area (Å²) in [5, 5.41) is 0. The number of piperidine rings is 1. The van der Waals surface area contributed by atoms with E-state index < -0.39 is 0 Å². The molecule has 0 aromatic heterocycles. The standard InChI is InChI=1S/C18H29N3O/c1-4-17(19)18(22)20(3)16-10-11-21(14(2)12-16)13-15-8-6-5-7-9-15/h5-9,14,16-17H,4,10-13,19H2,1-3H3/t14-,16+,17+/m1/s1. The minimum atomic E-state index is -0.359. The highest BCUT2D eigenvalue weighted by atomic mass is 16.2. The van der Waals surface area contributed by atoms with Gasteiger partial charge in [0.2, 0.25) is 5.91 Å². The van der Waals surface area contributed by atoms with Crippen molar-refractivity contribution in [2.24, 2.45) is 5.73 Å². The van der Waals surface area contributed by atoms with Gasteiger partial charge in [-0.1, -0.05) is 37.3 Å². The summed E-state index contributed by atoms with van der Waals surface area (Å²) < 4.78 is 0. The number of nitrogens with zero attached hydrogens (tertiary/aromatic N) is 2. The monoisotopic (exact) mass is 303 g/mol. The van der Waals surface area contributed by atoms with Crippen molar-refractivity contribution in [2.45, 2.75) is 57.8 Å². The summed E-state index contributed by atoms with van der Waals surface area (Å²) >= 11 is 0. The zero-order chi connectivity index (χ0) is 16.1. The fourth-order valence-electron chi connectivity index (χ4n) is 3.22. The maximum absolute atomic E-state index is 12.2. The third kappa shape index (κ3) is 4.08. The first-order valence-corrected chi connectivity index (χ1v) is 8.33. The van der Waals surface area contributed by atoms with Crippen LogP contribution < -0.4 is 5.73 Å². The molecular weight excluding hydrogens is 274 g/mol. The lowest BCUT2D eigenvalue weighted by molar-refractivity contribution is -0.134. The Morgan fingerprint density at radius 2 is 2.09 bits per heavy atom. The molecule has 22 heavy (non-hydrogen) atoms. The van der Waals surface area contributed by atoms with Crippen LogP contribution in [-0.2, 0) is 11.3 Å². The first-order valence-electron chi connectivity index (χ1n) is 8.33. The molecule has 122 valence electrons. The fraction of sp³-hybridized carbons (Fsp3) is 0.611. The molecule has 2 rings (SSSR count). The first-order chi connectivity index (χ1) is 10.5. The number of likely N-dealkylation sites (tertiary alicyclic amines) is 1. The van der Waals surface area contributed by atoms with E-state index in [0.717, 1.165) is 25.9 Å². The number of amides is 1. The summed E-state index contributed by atoms with van der Waals surface area (Å²) in [6.07, 6.45) is 2.74. The number of hydrogen-bond donors (Lipinski definition) is 1. The highest BCUT2D eigenvalue weighted by Crippen LogP contribution is 2.23. The summed E-state index contributed by atoms with van der Waals surface area (Å²) in [7, 11) is 1.90. The molecule has 1 heterocycles. The fourth-order valence-corrected chi connectivity index (χ4v) is 3.22. The number of benzene rings is 1. The maximum Gasteiger partial charge on any atom is 0.239 e. The molecule has 4 heteroatoms. The zero-order valence-corrected chi connectivity index (χ0v) is 14.0. The van der Waals surface area contributed by atoms with E-state index in [1.807, 2.05) is 18.9 Å². The van der Waals surface area contributed by atoms with Crippen molar-refractivity contribution in [1.82, 2.24) is 9.80 Å². The number of carbonyl (C=O) groups is 1. The average Bonchev–Trinajstić information content (AvgIpc) is 2.55. The van der Waals surface area contributed by atoms with Gasteiger partial charge in [0, 0.05) is 32.2 Å². The third-order valence-corrected chi connectivity index (χ3v) is 4.87. The number of nitrogens with two attached hydrogens (primary N) is 1. The molecule has 0 unspecified atom stereocenters. The molecule has 3 atom stereocenters. The Kier molecular flexibility index (Phi) is 5.98. The van der Waals surface area contributed by atoms with E-state index in [2.05, 4.69) is 42.2 Å². The third-order valence-electron chi connectivity index (χ3n) is 4.87. The van der Waals surface area contributed by atoms with Gasteiger partial charge in [0.25, 0.3) is 0 Å². The highest BCUT2D eigenvalue weighted by Gasteiger charge is 2.31. The molecule has 0 bridgehead atoms. The molecular formula is C18H29N3O. The molecule has 0 radical (unpaired) electrons. The molecule has 1 aromatic carbocycles. The summed E-state index contributed by atoms with van der Waals surface area (Å²) in [6.45, 7) is 6.23. The van der Waals surface area contributed by atoms with Gasteiger partial charge in [-0.3, -0.25) is 9.69 Å². The van der Waals surface area contributed by atoms with Crippen molar-refractivity contribution < 1.29 is 4.79 Å². The largest absolute Gasteiger partial charge is 0.341 e. The van der Waals surface area contributed by atoms with E-state index in [9.17, 15) is 4.79 Å². The second kappa shape index (κ2) is 7.75. The Morgan fingerprint density at radius 3 is 2.68 bits per heavy atom. The summed E-state index contributed by atoms with van der Waals surface area (Å²) in [4.78, 5) is 16.6. The van der Waals surface area contributed by atoms with E-state index >= 15 is 0 Å². The number of rotatable bonds is 5. The van der Waals surface area contributed by atoms with E-state index in [0.29, 0.717) is 18.5 Å². The molecule has 1 aliphatic heterocycles. The summed E-state index contributed by atoms with van der Waals surface area (Å²) in [5.74, 6) is 0.0798. The van der Waals surface area contributed by atoms with Gasteiger partial charge in [0.15, 0.2) is 0 Å². The van der Waals surface area contributed by atoms with Crippen molar-refractivity contribution in [3.8, 4) is 0 Å². The molecule has 1 fully saturated rings. The Bertz CT molecular complexity index is 476. The average molecular weight is 303 g/mol. The topological polar surface area (TPSA) is 49.6 Å². The van der Waals surface area contributed by atoms with Crippen LogP contribution in [-0.4, -0.2) is 47.4 Å². The van der Waals surface area contributed by atoms with Gasteiger partial charge >= 0.3 is 0 Å². The molecule has 4 nitrogen and oxygen atoms in total. The molecule has 0 saturated carbocycles. The number of carbonyl (C=O) groups excluding carboxylic acids is 1. The smallest absolute Gasteiger partial charge is 0.239 e. The minimum Gasteiger partial charge on any atom is -0.341 e. The Hall–Kier alpha value is -1.39. The van der Waals surface area contributed by atoms with Crippen LogP contribution in [0.2, 0.25) is 0 Å². The van der Waals surface area contributed by atoms with Crippen molar-refractivity contribution in [3.63, 3.8) is 0 Å². The van der Waals surface area contributed by atoms with Crippen LogP contribution >= 0.6 is 0 Å². The van der Waals surface area contributed by atoms with Crippen LogP contribution in [0.15, 0.2) is 30.3 Å². The molecule has 0 aliphatic carbocycles. The van der Waals surface area contributed by atoms with Crippen LogP contribution in [0.3, 0.4) is 0 Å². The van der Waals surface area contributed by atoms with Crippen molar-refractivity contribution in [3.05, 3.63) is 35.9 Å². The van der Waals surface area contributed by atoms with Crippen LogP contribution in [0.1, 0.15) is 38.7 Å². The first kappa shape index (κ1) is 17.0. The van der Waals surface area contributed by atoms with Gasteiger partial charge in [-0.05, 0) is 31.7 Å². The zero-order valence-electron chi connectivity index (χ0n) is 14.0. The summed E-state index contributed by atoms with van der Waals surface area (Å²) in [5.41, 5.74) is 7.24. The van der Waals surface area contributed by atoms with Gasteiger partial charge in [-0.25, -0.2) is 0 Å². The molecule has 1 aromatic rings. The maximum atomic E-state index is 12.2. The predicted octanol–water partition coefficient (Wildman–Crippen LogP) is 2.24. The van der Waals surface area contributed by atoms with E-state index in [1.165, 1.54) is 5.56 Å². The Morgan fingerprint density at radius 1 is 1.41 bits per heavy atom. The van der Waals surface area contributed by atoms with Crippen molar-refractivity contribution in [1.29, 1.82) is 0 Å². The van der Waals surface area contributed by atoms with E-state index in [-0.39, 0.29) is 11.9 Å². The molecule has 2 N–H and O–H groups in total. The molecule has 1 amide bonds. The van der Waals surface area contributed by atoms with Crippen LogP contribution in [0, 0.1) is 0 Å². The normalized spacial score (nSPS) is 24.0. The minimum absolute atomic E-state index is 0.0798. The van der Waals surface area contributed by atoms with Crippen LogP contribution in [0.25, 0.3) is 0 Å². The Balaban J connectivity index is 1.91. The van der Waals surface area contributed by atoms with Crippen molar-refractivity contribution >= 4 is 5.91 Å². The van der Waals surface area contributed by atoms with Crippen molar-refractivity contribution in [2.75, 3.05) is 13.6 Å². The molecule has 1 aliphatic rings. The SMILES string of the molecule is CC[C@H](N)C(=O)N(C)[C@H]1CCN(Cc2ccccc2)[C@H](C)C1. The lowest BCUT2D eigenvalue weighted by Crippen LogP contribution is -2.52.